The molecule has 0 N–H and O–H groups in total. The third-order valence-corrected chi connectivity index (χ3v) is 3.84. The zero-order valence-electron chi connectivity index (χ0n) is 12.7. The average molecular weight is 305 g/mol. The molecule has 118 valence electrons. The summed E-state index contributed by atoms with van der Waals surface area (Å²) in [6.07, 6.45) is 0. The second-order valence-corrected chi connectivity index (χ2v) is 5.66. The van der Waals surface area contributed by atoms with Gasteiger partial charge in [0.1, 0.15) is 0 Å². The maximum atomic E-state index is 12.5. The fourth-order valence-electron chi connectivity index (χ4n) is 2.19. The van der Waals surface area contributed by atoms with Crippen LogP contribution < -0.4 is 0 Å². The Morgan fingerprint density at radius 3 is 2.05 bits per heavy atom. The number of hydrogen-bond donors (Lipinski definition) is 1. The van der Waals surface area contributed by atoms with Crippen LogP contribution in [0, 0.1) is 0 Å². The minimum Gasteiger partial charge on any atom is -0.383 e. The fraction of sp³-hybridized carbons (Fsp3) is 0.923. The van der Waals surface area contributed by atoms with Crippen LogP contribution in [0.15, 0.2) is 0 Å². The Bertz CT molecular complexity index is 276. The molecule has 6 nitrogen and oxygen atoms in total. The van der Waals surface area contributed by atoms with Crippen molar-refractivity contribution in [2.75, 3.05) is 66.7 Å². The maximum Gasteiger partial charge on any atom is 0.320 e. The van der Waals surface area contributed by atoms with Crippen molar-refractivity contribution in [3.05, 3.63) is 0 Å². The Morgan fingerprint density at radius 1 is 1.15 bits per heavy atom. The van der Waals surface area contributed by atoms with Crippen molar-refractivity contribution < 1.29 is 14.3 Å². The molecule has 1 aliphatic heterocycles. The summed E-state index contributed by atoms with van der Waals surface area (Å²) in [6.45, 7) is 7.60. The molecule has 0 saturated carbocycles. The third-order valence-electron chi connectivity index (χ3n) is 3.51. The Balaban J connectivity index is 2.47. The van der Waals surface area contributed by atoms with E-state index >= 15 is 0 Å². The Labute approximate surface area is 127 Å². The first-order valence-corrected chi connectivity index (χ1v) is 7.55. The molecule has 0 aromatic carbocycles. The standard InChI is InChI=1S/C13H27N3O3S/c1-12(20)14-4-6-15(7-5-14)13(17)16(8-10-18-2)9-11-19-3/h12,20H,4-11H2,1-3H3/t12-/m0/s1. The van der Waals surface area contributed by atoms with E-state index in [0.717, 1.165) is 26.2 Å². The van der Waals surface area contributed by atoms with E-state index in [-0.39, 0.29) is 11.4 Å². The number of urea groups is 1. The van der Waals surface area contributed by atoms with Crippen LogP contribution in [0.1, 0.15) is 6.92 Å². The van der Waals surface area contributed by atoms with E-state index in [9.17, 15) is 4.79 Å². The molecule has 1 aliphatic rings. The van der Waals surface area contributed by atoms with Crippen molar-refractivity contribution in [2.24, 2.45) is 0 Å². The molecular weight excluding hydrogens is 278 g/mol. The van der Waals surface area contributed by atoms with Crippen LogP contribution in [-0.4, -0.2) is 92.8 Å². The highest BCUT2D eigenvalue weighted by molar-refractivity contribution is 7.80. The summed E-state index contributed by atoms with van der Waals surface area (Å²) in [5.41, 5.74) is 0. The first kappa shape index (κ1) is 17.6. The van der Waals surface area contributed by atoms with Crippen molar-refractivity contribution in [3.8, 4) is 0 Å². The Kier molecular flexibility index (Phi) is 8.28. The highest BCUT2D eigenvalue weighted by Crippen LogP contribution is 2.10. The summed E-state index contributed by atoms with van der Waals surface area (Å²) in [5.74, 6) is 0. The molecule has 0 aromatic heterocycles. The van der Waals surface area contributed by atoms with Gasteiger partial charge in [0.15, 0.2) is 0 Å². The lowest BCUT2D eigenvalue weighted by molar-refractivity contribution is 0.0855. The lowest BCUT2D eigenvalue weighted by atomic mass is 10.3. The SMILES string of the molecule is COCCN(CCOC)C(=O)N1CCN([C@H](C)S)CC1. The van der Waals surface area contributed by atoms with Crippen molar-refractivity contribution in [2.45, 2.75) is 12.3 Å². The van der Waals surface area contributed by atoms with Crippen molar-refractivity contribution in [1.82, 2.24) is 14.7 Å². The molecule has 0 unspecified atom stereocenters. The largest absolute Gasteiger partial charge is 0.383 e. The van der Waals surface area contributed by atoms with Crippen molar-refractivity contribution >= 4 is 18.7 Å². The number of carbonyl (C=O) groups excluding carboxylic acids is 1. The summed E-state index contributed by atoms with van der Waals surface area (Å²) in [5, 5.41) is 0.241. The van der Waals surface area contributed by atoms with Crippen LogP contribution in [0.25, 0.3) is 0 Å². The van der Waals surface area contributed by atoms with Gasteiger partial charge in [0.05, 0.1) is 18.6 Å². The minimum atomic E-state index is 0.0746. The van der Waals surface area contributed by atoms with Crippen LogP contribution in [0.5, 0.6) is 0 Å². The molecule has 7 heteroatoms. The number of rotatable bonds is 7. The molecule has 1 saturated heterocycles. The molecule has 1 heterocycles. The normalized spacial score (nSPS) is 18.1. The summed E-state index contributed by atoms with van der Waals surface area (Å²) >= 11 is 4.43. The van der Waals surface area contributed by atoms with Crippen LogP contribution in [-0.2, 0) is 9.47 Å². The van der Waals surface area contributed by atoms with Gasteiger partial charge in [-0.1, -0.05) is 0 Å². The van der Waals surface area contributed by atoms with E-state index in [4.69, 9.17) is 9.47 Å². The molecule has 0 bridgehead atoms. The van der Waals surface area contributed by atoms with Gasteiger partial charge in [0.25, 0.3) is 0 Å². The van der Waals surface area contributed by atoms with Crippen LogP contribution >= 0.6 is 12.6 Å². The van der Waals surface area contributed by atoms with E-state index in [1.165, 1.54) is 0 Å². The minimum absolute atomic E-state index is 0.0746. The third kappa shape index (κ3) is 5.47. The number of thiol groups is 1. The quantitative estimate of drug-likeness (QED) is 0.700. The summed E-state index contributed by atoms with van der Waals surface area (Å²) in [7, 11) is 3.29. The second kappa shape index (κ2) is 9.44. The number of nitrogens with zero attached hydrogens (tertiary/aromatic N) is 3. The van der Waals surface area contributed by atoms with Crippen LogP contribution in [0.3, 0.4) is 0 Å². The van der Waals surface area contributed by atoms with Gasteiger partial charge in [-0.25, -0.2) is 4.79 Å². The lowest BCUT2D eigenvalue weighted by Crippen LogP contribution is -2.54. The van der Waals surface area contributed by atoms with Gasteiger partial charge in [0, 0.05) is 53.5 Å². The number of piperazine rings is 1. The Hall–Kier alpha value is -0.500. The number of ether oxygens (including phenoxy) is 2. The highest BCUT2D eigenvalue weighted by Gasteiger charge is 2.25. The Morgan fingerprint density at radius 2 is 1.65 bits per heavy atom. The van der Waals surface area contributed by atoms with Crippen LogP contribution in [0.2, 0.25) is 0 Å². The average Bonchev–Trinajstić information content (AvgIpc) is 2.47. The number of amides is 2. The van der Waals surface area contributed by atoms with Gasteiger partial charge in [0.2, 0.25) is 0 Å². The summed E-state index contributed by atoms with van der Waals surface area (Å²) in [4.78, 5) is 18.5. The zero-order valence-corrected chi connectivity index (χ0v) is 13.6. The number of hydrogen-bond acceptors (Lipinski definition) is 5. The number of methoxy groups -OCH3 is 2. The van der Waals surface area contributed by atoms with Crippen molar-refractivity contribution in [1.29, 1.82) is 0 Å². The van der Waals surface area contributed by atoms with E-state index in [1.807, 2.05) is 4.90 Å². The topological polar surface area (TPSA) is 45.3 Å². The van der Waals surface area contributed by atoms with E-state index in [2.05, 4.69) is 24.5 Å². The predicted molar refractivity (Wildman–Crippen MR) is 82.3 cm³/mol. The first-order chi connectivity index (χ1) is 9.60. The molecule has 1 atom stereocenters. The first-order valence-electron chi connectivity index (χ1n) is 7.04. The van der Waals surface area contributed by atoms with Gasteiger partial charge in [-0.15, -0.1) is 0 Å². The smallest absolute Gasteiger partial charge is 0.320 e. The van der Waals surface area contributed by atoms with E-state index in [1.54, 1.807) is 19.1 Å². The molecule has 1 fully saturated rings. The molecule has 1 rings (SSSR count). The van der Waals surface area contributed by atoms with Gasteiger partial charge >= 0.3 is 6.03 Å². The molecule has 0 spiro atoms. The van der Waals surface area contributed by atoms with Gasteiger partial charge in [-0.2, -0.15) is 12.6 Å². The van der Waals surface area contributed by atoms with Crippen LogP contribution in [0.4, 0.5) is 4.79 Å². The summed E-state index contributed by atoms with van der Waals surface area (Å²) in [6, 6.07) is 0.0746. The van der Waals surface area contributed by atoms with Gasteiger partial charge in [-0.05, 0) is 6.92 Å². The maximum absolute atomic E-state index is 12.5. The van der Waals surface area contributed by atoms with Crippen molar-refractivity contribution in [3.63, 3.8) is 0 Å². The molecule has 20 heavy (non-hydrogen) atoms. The zero-order chi connectivity index (χ0) is 15.0. The highest BCUT2D eigenvalue weighted by atomic mass is 32.1. The van der Waals surface area contributed by atoms with Gasteiger partial charge in [-0.3, -0.25) is 4.90 Å². The van der Waals surface area contributed by atoms with Gasteiger partial charge < -0.3 is 19.3 Å². The summed E-state index contributed by atoms with van der Waals surface area (Å²) < 4.78 is 10.1. The monoisotopic (exact) mass is 305 g/mol. The molecular formula is C13H27N3O3S. The molecule has 2 amide bonds. The molecule has 0 radical (unpaired) electrons. The lowest BCUT2D eigenvalue weighted by Gasteiger charge is -2.38. The van der Waals surface area contributed by atoms with E-state index < -0.39 is 0 Å². The predicted octanol–water partition coefficient (Wildman–Crippen LogP) is 0.595. The second-order valence-electron chi connectivity index (χ2n) is 4.91. The molecule has 0 aliphatic carbocycles. The fourth-order valence-corrected chi connectivity index (χ4v) is 2.42. The number of carbonyl (C=O) groups is 1. The van der Waals surface area contributed by atoms with E-state index in [0.29, 0.717) is 26.3 Å². The molecule has 0 aromatic rings.